The molecule has 0 aliphatic heterocycles. The average Bonchev–Trinajstić information content (AvgIpc) is 2.29. The second kappa shape index (κ2) is 5.22. The van der Waals surface area contributed by atoms with Gasteiger partial charge in [0, 0.05) is 5.02 Å². The van der Waals surface area contributed by atoms with Gasteiger partial charge in [0.05, 0.1) is 12.4 Å². The smallest absolute Gasteiger partial charge is 0.260 e. The van der Waals surface area contributed by atoms with Crippen molar-refractivity contribution < 1.29 is 0 Å². The van der Waals surface area contributed by atoms with E-state index in [2.05, 4.69) is 25.7 Å². The zero-order chi connectivity index (χ0) is 12.1. The summed E-state index contributed by atoms with van der Waals surface area (Å²) in [5.74, 6) is 0.270. The van der Waals surface area contributed by atoms with Gasteiger partial charge in [0.2, 0.25) is 0 Å². The first-order valence-corrected chi connectivity index (χ1v) is 5.08. The minimum Gasteiger partial charge on any atom is -0.260 e. The molecule has 0 atom stereocenters. The van der Waals surface area contributed by atoms with E-state index in [0.29, 0.717) is 5.02 Å². The van der Waals surface area contributed by atoms with Crippen LogP contribution in [0.15, 0.2) is 40.4 Å². The molecule has 2 N–H and O–H groups in total. The average molecular weight is 250 g/mol. The Bertz CT molecular complexity index is 595. The van der Waals surface area contributed by atoms with E-state index in [1.165, 1.54) is 6.20 Å². The SMILES string of the molecule is O=c1nc(N/N=C\c2cccc(Cl)c2)cn[nH]1. The number of rotatable bonds is 3. The number of aromatic nitrogens is 3. The Balaban J connectivity index is 2.05. The van der Waals surface area contributed by atoms with Crippen LogP contribution in [-0.2, 0) is 0 Å². The van der Waals surface area contributed by atoms with E-state index in [4.69, 9.17) is 11.6 Å². The van der Waals surface area contributed by atoms with Crippen LogP contribution in [0.1, 0.15) is 5.56 Å². The van der Waals surface area contributed by atoms with Crippen LogP contribution in [0.25, 0.3) is 0 Å². The predicted octanol–water partition coefficient (Wildman–Crippen LogP) is 1.26. The number of hydrogen-bond acceptors (Lipinski definition) is 5. The molecular weight excluding hydrogens is 242 g/mol. The molecule has 1 aromatic heterocycles. The van der Waals surface area contributed by atoms with E-state index in [1.807, 2.05) is 12.1 Å². The molecule has 0 saturated heterocycles. The van der Waals surface area contributed by atoms with Crippen molar-refractivity contribution in [1.29, 1.82) is 0 Å². The van der Waals surface area contributed by atoms with E-state index in [0.717, 1.165) is 5.56 Å². The summed E-state index contributed by atoms with van der Waals surface area (Å²) in [7, 11) is 0. The van der Waals surface area contributed by atoms with E-state index >= 15 is 0 Å². The van der Waals surface area contributed by atoms with Gasteiger partial charge in [-0.25, -0.2) is 9.89 Å². The number of anilines is 1. The normalized spacial score (nSPS) is 10.6. The molecule has 0 unspecified atom stereocenters. The number of nitrogens with zero attached hydrogens (tertiary/aromatic N) is 3. The van der Waals surface area contributed by atoms with Crippen LogP contribution in [0.5, 0.6) is 0 Å². The second-order valence-corrected chi connectivity index (χ2v) is 3.53. The van der Waals surface area contributed by atoms with Crippen molar-refractivity contribution in [3.63, 3.8) is 0 Å². The van der Waals surface area contributed by atoms with Crippen LogP contribution in [0.3, 0.4) is 0 Å². The van der Waals surface area contributed by atoms with Gasteiger partial charge in [-0.2, -0.15) is 15.2 Å². The molecule has 1 aromatic carbocycles. The maximum atomic E-state index is 10.8. The molecule has 0 saturated carbocycles. The van der Waals surface area contributed by atoms with Gasteiger partial charge in [-0.1, -0.05) is 23.7 Å². The van der Waals surface area contributed by atoms with Crippen LogP contribution < -0.4 is 11.1 Å². The minimum absolute atomic E-state index is 0.270. The first kappa shape index (κ1) is 11.3. The second-order valence-electron chi connectivity index (χ2n) is 3.10. The number of nitrogens with one attached hydrogen (secondary N) is 2. The third-order valence-corrected chi connectivity index (χ3v) is 2.05. The molecule has 0 amide bonds. The summed E-state index contributed by atoms with van der Waals surface area (Å²) in [6, 6.07) is 7.20. The lowest BCUT2D eigenvalue weighted by Crippen LogP contribution is -2.13. The summed E-state index contributed by atoms with van der Waals surface area (Å²) in [5, 5.41) is 10.3. The van der Waals surface area contributed by atoms with Gasteiger partial charge in [-0.3, -0.25) is 5.43 Å². The molecule has 0 bridgehead atoms. The van der Waals surface area contributed by atoms with Crippen LogP contribution in [-0.4, -0.2) is 21.4 Å². The Morgan fingerprint density at radius 1 is 1.47 bits per heavy atom. The summed E-state index contributed by atoms with van der Waals surface area (Å²) in [6.45, 7) is 0. The highest BCUT2D eigenvalue weighted by atomic mass is 35.5. The minimum atomic E-state index is -0.534. The molecule has 0 aliphatic carbocycles. The molecule has 1 heterocycles. The first-order valence-electron chi connectivity index (χ1n) is 4.70. The van der Waals surface area contributed by atoms with Gasteiger partial charge >= 0.3 is 5.69 Å². The third kappa shape index (κ3) is 3.39. The van der Waals surface area contributed by atoms with E-state index in [-0.39, 0.29) is 5.82 Å². The molecule has 7 heteroatoms. The van der Waals surface area contributed by atoms with Crippen molar-refractivity contribution in [2.75, 3.05) is 5.43 Å². The summed E-state index contributed by atoms with van der Waals surface area (Å²) in [5.41, 5.74) is 2.89. The van der Waals surface area contributed by atoms with E-state index in [1.54, 1.807) is 18.3 Å². The Kier molecular flexibility index (Phi) is 3.46. The number of halogens is 1. The van der Waals surface area contributed by atoms with Gasteiger partial charge in [0.15, 0.2) is 5.82 Å². The van der Waals surface area contributed by atoms with Gasteiger partial charge in [0.25, 0.3) is 0 Å². The molecule has 17 heavy (non-hydrogen) atoms. The van der Waals surface area contributed by atoms with Gasteiger partial charge in [-0.15, -0.1) is 0 Å². The zero-order valence-corrected chi connectivity index (χ0v) is 9.35. The van der Waals surface area contributed by atoms with E-state index < -0.39 is 5.69 Å². The van der Waals surface area contributed by atoms with Gasteiger partial charge < -0.3 is 0 Å². The van der Waals surface area contributed by atoms with Gasteiger partial charge in [-0.05, 0) is 17.7 Å². The summed E-state index contributed by atoms with van der Waals surface area (Å²) >= 11 is 5.81. The fourth-order valence-corrected chi connectivity index (χ4v) is 1.32. The summed E-state index contributed by atoms with van der Waals surface area (Å²) < 4.78 is 0. The number of H-pyrrole nitrogens is 1. The topological polar surface area (TPSA) is 83.0 Å². The lowest BCUT2D eigenvalue weighted by atomic mass is 10.2. The molecule has 2 rings (SSSR count). The first-order chi connectivity index (χ1) is 8.24. The monoisotopic (exact) mass is 249 g/mol. The van der Waals surface area contributed by atoms with Crippen molar-refractivity contribution in [2.45, 2.75) is 0 Å². The van der Waals surface area contributed by atoms with Crippen LogP contribution in [0, 0.1) is 0 Å². The van der Waals surface area contributed by atoms with E-state index in [9.17, 15) is 4.79 Å². The van der Waals surface area contributed by atoms with Gasteiger partial charge in [0.1, 0.15) is 0 Å². The van der Waals surface area contributed by atoms with Crippen molar-refractivity contribution in [1.82, 2.24) is 15.2 Å². The van der Waals surface area contributed by atoms with Crippen molar-refractivity contribution in [2.24, 2.45) is 5.10 Å². The highest BCUT2D eigenvalue weighted by molar-refractivity contribution is 6.30. The Morgan fingerprint density at radius 3 is 3.12 bits per heavy atom. The fraction of sp³-hybridized carbons (Fsp3) is 0. The quantitative estimate of drug-likeness (QED) is 0.634. The molecule has 0 radical (unpaired) electrons. The third-order valence-electron chi connectivity index (χ3n) is 1.81. The lowest BCUT2D eigenvalue weighted by Gasteiger charge is -1.96. The number of aromatic amines is 1. The number of benzene rings is 1. The molecule has 0 fully saturated rings. The fourth-order valence-electron chi connectivity index (χ4n) is 1.13. The summed E-state index contributed by atoms with van der Waals surface area (Å²) in [4.78, 5) is 14.4. The molecule has 0 aliphatic rings. The molecule has 2 aromatic rings. The predicted molar refractivity (Wildman–Crippen MR) is 65.3 cm³/mol. The Hall–Kier alpha value is -2.21. The maximum absolute atomic E-state index is 10.8. The lowest BCUT2D eigenvalue weighted by molar-refractivity contribution is 0.913. The molecule has 86 valence electrons. The molecular formula is C10H8ClN5O. The summed E-state index contributed by atoms with van der Waals surface area (Å²) in [6.07, 6.45) is 2.92. The standard InChI is InChI=1S/C10H8ClN5O/c11-8-3-1-2-7(4-8)5-12-15-9-6-13-16-10(17)14-9/h1-6H,(H2,14,15,16,17)/b12-5-. The number of hydrazone groups is 1. The van der Waals surface area contributed by atoms with Crippen LogP contribution >= 0.6 is 11.6 Å². The van der Waals surface area contributed by atoms with Crippen LogP contribution in [0.2, 0.25) is 5.02 Å². The Labute approximate surface area is 101 Å². The van der Waals surface area contributed by atoms with Crippen molar-refractivity contribution in [3.05, 3.63) is 51.5 Å². The van der Waals surface area contributed by atoms with Crippen molar-refractivity contribution in [3.8, 4) is 0 Å². The molecule has 6 nitrogen and oxygen atoms in total. The highest BCUT2D eigenvalue weighted by Crippen LogP contribution is 2.08. The highest BCUT2D eigenvalue weighted by Gasteiger charge is 1.92. The Morgan fingerprint density at radius 2 is 2.35 bits per heavy atom. The molecule has 0 spiro atoms. The zero-order valence-electron chi connectivity index (χ0n) is 8.59. The maximum Gasteiger partial charge on any atom is 0.363 e. The van der Waals surface area contributed by atoms with Crippen LogP contribution in [0.4, 0.5) is 5.82 Å². The van der Waals surface area contributed by atoms with Crippen molar-refractivity contribution >= 4 is 23.6 Å². The largest absolute Gasteiger partial charge is 0.363 e. The number of hydrogen-bond donors (Lipinski definition) is 2.